The van der Waals surface area contributed by atoms with Crippen LogP contribution in [0.4, 0.5) is 5.69 Å². The molecule has 0 bridgehead atoms. The van der Waals surface area contributed by atoms with Crippen molar-refractivity contribution in [2.75, 3.05) is 18.1 Å². The number of ether oxygens (including phenoxy) is 1. The molecule has 0 aliphatic carbocycles. The molecule has 0 atom stereocenters. The molecule has 6 nitrogen and oxygen atoms in total. The molecule has 2 amide bonds. The summed E-state index contributed by atoms with van der Waals surface area (Å²) in [7, 11) is 0. The molecule has 3 aromatic rings. The van der Waals surface area contributed by atoms with Crippen LogP contribution >= 0.6 is 0 Å². The van der Waals surface area contributed by atoms with Gasteiger partial charge in [-0.15, -0.1) is 0 Å². The summed E-state index contributed by atoms with van der Waals surface area (Å²) in [6.07, 6.45) is 3.68. The Bertz CT molecular complexity index is 1100. The van der Waals surface area contributed by atoms with Crippen molar-refractivity contribution in [1.82, 2.24) is 5.43 Å². The van der Waals surface area contributed by atoms with Gasteiger partial charge in [-0.25, -0.2) is 5.43 Å². The molecule has 0 saturated carbocycles. The second-order valence-electron chi connectivity index (χ2n) is 7.14. The van der Waals surface area contributed by atoms with Crippen LogP contribution in [-0.2, 0) is 4.79 Å². The van der Waals surface area contributed by atoms with Crippen molar-refractivity contribution in [2.45, 2.75) is 19.8 Å². The molecule has 30 heavy (non-hydrogen) atoms. The fourth-order valence-corrected chi connectivity index (χ4v) is 3.48. The van der Waals surface area contributed by atoms with Gasteiger partial charge in [-0.3, -0.25) is 14.5 Å². The summed E-state index contributed by atoms with van der Waals surface area (Å²) in [5, 5.41) is 5.89. The van der Waals surface area contributed by atoms with E-state index < -0.39 is 0 Å². The first-order valence-electron chi connectivity index (χ1n) is 10.1. The zero-order valence-corrected chi connectivity index (χ0v) is 16.8. The minimum atomic E-state index is -0.357. The van der Waals surface area contributed by atoms with Gasteiger partial charge in [0, 0.05) is 10.9 Å². The van der Waals surface area contributed by atoms with Crippen molar-refractivity contribution in [2.24, 2.45) is 5.10 Å². The summed E-state index contributed by atoms with van der Waals surface area (Å²) in [5.74, 6) is 0.287. The van der Waals surface area contributed by atoms with E-state index in [1.165, 1.54) is 4.90 Å². The van der Waals surface area contributed by atoms with Crippen molar-refractivity contribution < 1.29 is 14.3 Å². The van der Waals surface area contributed by atoms with Gasteiger partial charge in [-0.2, -0.15) is 5.10 Å². The number of hydrogen-bond donors (Lipinski definition) is 1. The molecule has 0 spiro atoms. The summed E-state index contributed by atoms with van der Waals surface area (Å²) < 4.78 is 5.63. The molecule has 6 heteroatoms. The molecule has 1 aliphatic heterocycles. The van der Waals surface area contributed by atoms with Crippen LogP contribution in [0, 0.1) is 0 Å². The average Bonchev–Trinajstić information content (AvgIpc) is 3.03. The largest absolute Gasteiger partial charge is 0.494 e. The Morgan fingerprint density at radius 2 is 1.87 bits per heavy atom. The van der Waals surface area contributed by atoms with Crippen LogP contribution in [0.15, 0.2) is 65.8 Å². The van der Waals surface area contributed by atoms with Crippen LogP contribution in [0.2, 0.25) is 0 Å². The third-order valence-corrected chi connectivity index (χ3v) is 5.00. The van der Waals surface area contributed by atoms with E-state index in [0.717, 1.165) is 40.6 Å². The topological polar surface area (TPSA) is 71.0 Å². The quantitative estimate of drug-likeness (QED) is 0.350. The first kappa shape index (κ1) is 19.6. The van der Waals surface area contributed by atoms with Gasteiger partial charge in [-0.1, -0.05) is 37.6 Å². The summed E-state index contributed by atoms with van der Waals surface area (Å²) in [6, 6.07) is 18.8. The maximum absolute atomic E-state index is 12.7. The highest BCUT2D eigenvalue weighted by Gasteiger charge is 2.30. The van der Waals surface area contributed by atoms with Crippen LogP contribution < -0.4 is 15.1 Å². The maximum atomic E-state index is 12.7. The van der Waals surface area contributed by atoms with E-state index in [1.807, 2.05) is 54.6 Å². The number of benzene rings is 3. The zero-order chi connectivity index (χ0) is 20.9. The van der Waals surface area contributed by atoms with Gasteiger partial charge >= 0.3 is 0 Å². The van der Waals surface area contributed by atoms with Crippen molar-refractivity contribution in [3.63, 3.8) is 0 Å². The molecule has 1 heterocycles. The van der Waals surface area contributed by atoms with Gasteiger partial charge in [0.25, 0.3) is 11.8 Å². The molecule has 0 aromatic heterocycles. The standard InChI is InChI=1S/C24H23N3O3/c1-2-3-14-30-19-12-10-17(11-13-19)15-25-26-22(28)16-27-21-9-5-7-18-6-4-8-20(23(18)21)24(27)29/h4-13,15H,2-3,14,16H2,1H3,(H,26,28)/b25-15-. The van der Waals surface area contributed by atoms with E-state index >= 15 is 0 Å². The third kappa shape index (κ3) is 4.03. The highest BCUT2D eigenvalue weighted by atomic mass is 16.5. The summed E-state index contributed by atoms with van der Waals surface area (Å²) >= 11 is 0. The van der Waals surface area contributed by atoms with Crippen LogP contribution in [-0.4, -0.2) is 31.2 Å². The first-order valence-corrected chi connectivity index (χ1v) is 10.1. The first-order chi connectivity index (χ1) is 14.7. The zero-order valence-electron chi connectivity index (χ0n) is 16.8. The molecular weight excluding hydrogens is 378 g/mol. The monoisotopic (exact) mass is 401 g/mol. The minimum Gasteiger partial charge on any atom is -0.494 e. The number of nitrogens with one attached hydrogen (secondary N) is 1. The molecule has 0 unspecified atom stereocenters. The number of unbranched alkanes of at least 4 members (excludes halogenated alkanes) is 1. The van der Waals surface area contributed by atoms with Gasteiger partial charge in [0.2, 0.25) is 0 Å². The normalized spacial score (nSPS) is 12.7. The number of anilines is 1. The highest BCUT2D eigenvalue weighted by molar-refractivity contribution is 6.26. The lowest BCUT2D eigenvalue weighted by Gasteiger charge is -2.16. The van der Waals surface area contributed by atoms with Crippen LogP contribution in [0.3, 0.4) is 0 Å². The molecule has 0 saturated heterocycles. The molecule has 0 radical (unpaired) electrons. The second kappa shape index (κ2) is 8.78. The van der Waals surface area contributed by atoms with Gasteiger partial charge < -0.3 is 4.74 Å². The Morgan fingerprint density at radius 1 is 1.10 bits per heavy atom. The van der Waals surface area contributed by atoms with Crippen molar-refractivity contribution >= 4 is 34.5 Å². The molecule has 4 rings (SSSR count). The number of carbonyl (C=O) groups excluding carboxylic acids is 2. The fourth-order valence-electron chi connectivity index (χ4n) is 3.48. The predicted molar refractivity (Wildman–Crippen MR) is 118 cm³/mol. The summed E-state index contributed by atoms with van der Waals surface area (Å²) in [6.45, 7) is 2.73. The third-order valence-electron chi connectivity index (χ3n) is 5.00. The van der Waals surface area contributed by atoms with E-state index in [0.29, 0.717) is 12.2 Å². The van der Waals surface area contributed by atoms with Gasteiger partial charge in [-0.05, 0) is 53.8 Å². The van der Waals surface area contributed by atoms with E-state index in [2.05, 4.69) is 17.5 Å². The van der Waals surface area contributed by atoms with Gasteiger partial charge in [0.15, 0.2) is 0 Å². The number of hydrazone groups is 1. The second-order valence-corrected chi connectivity index (χ2v) is 7.14. The number of amides is 2. The maximum Gasteiger partial charge on any atom is 0.260 e. The minimum absolute atomic E-state index is 0.0891. The number of nitrogens with zero attached hydrogens (tertiary/aromatic N) is 2. The lowest BCUT2D eigenvalue weighted by atomic mass is 10.1. The van der Waals surface area contributed by atoms with E-state index in [4.69, 9.17) is 4.74 Å². The van der Waals surface area contributed by atoms with Crippen molar-refractivity contribution in [1.29, 1.82) is 0 Å². The van der Waals surface area contributed by atoms with Gasteiger partial charge in [0.05, 0.1) is 18.5 Å². The Kier molecular flexibility index (Phi) is 5.75. The highest BCUT2D eigenvalue weighted by Crippen LogP contribution is 2.36. The fraction of sp³-hybridized carbons (Fsp3) is 0.208. The predicted octanol–water partition coefficient (Wildman–Crippen LogP) is 4.13. The average molecular weight is 401 g/mol. The Morgan fingerprint density at radius 3 is 2.63 bits per heavy atom. The van der Waals surface area contributed by atoms with Crippen molar-refractivity contribution in [3.05, 3.63) is 71.8 Å². The Hall–Kier alpha value is -3.67. The molecular formula is C24H23N3O3. The number of rotatable bonds is 8. The molecule has 1 aliphatic rings. The lowest BCUT2D eigenvalue weighted by molar-refractivity contribution is -0.119. The molecule has 152 valence electrons. The van der Waals surface area contributed by atoms with E-state index in [-0.39, 0.29) is 18.4 Å². The Balaban J connectivity index is 1.36. The smallest absolute Gasteiger partial charge is 0.260 e. The van der Waals surface area contributed by atoms with Gasteiger partial charge in [0.1, 0.15) is 12.3 Å². The lowest BCUT2D eigenvalue weighted by Crippen LogP contribution is -2.37. The molecule has 1 N–H and O–H groups in total. The molecule has 3 aromatic carbocycles. The van der Waals surface area contributed by atoms with Crippen molar-refractivity contribution in [3.8, 4) is 5.75 Å². The summed E-state index contributed by atoms with van der Waals surface area (Å²) in [5.41, 5.74) is 4.72. The van der Waals surface area contributed by atoms with Crippen LogP contribution in [0.5, 0.6) is 5.75 Å². The Labute approximate surface area is 175 Å². The van der Waals surface area contributed by atoms with Crippen LogP contribution in [0.25, 0.3) is 10.8 Å². The SMILES string of the molecule is CCCCOc1ccc(/C=N\NC(=O)CN2C(=O)c3cccc4cccc2c34)cc1. The molecule has 0 fully saturated rings. The van der Waals surface area contributed by atoms with E-state index in [1.54, 1.807) is 12.3 Å². The van der Waals surface area contributed by atoms with E-state index in [9.17, 15) is 9.59 Å². The number of hydrogen-bond acceptors (Lipinski definition) is 4. The summed E-state index contributed by atoms with van der Waals surface area (Å²) in [4.78, 5) is 26.6. The van der Waals surface area contributed by atoms with Crippen LogP contribution in [0.1, 0.15) is 35.7 Å². The number of carbonyl (C=O) groups is 2.